The van der Waals surface area contributed by atoms with Crippen LogP contribution in [0.1, 0.15) is 39.5 Å². The molecule has 0 aliphatic carbocycles. The second-order valence-electron chi connectivity index (χ2n) is 8.87. The van der Waals surface area contributed by atoms with Gasteiger partial charge in [0.2, 0.25) is 0 Å². The molecule has 3 N–H and O–H groups in total. The van der Waals surface area contributed by atoms with Gasteiger partial charge >= 0.3 is 6.18 Å². The Labute approximate surface area is 199 Å². The van der Waals surface area contributed by atoms with Crippen molar-refractivity contribution in [2.45, 2.75) is 25.2 Å². The van der Waals surface area contributed by atoms with E-state index in [2.05, 4.69) is 4.98 Å². The van der Waals surface area contributed by atoms with Crippen LogP contribution in [0.3, 0.4) is 0 Å². The second-order valence-corrected chi connectivity index (χ2v) is 8.87. The molecule has 0 saturated carbocycles. The molecule has 1 aromatic heterocycles. The summed E-state index contributed by atoms with van der Waals surface area (Å²) in [4.78, 5) is 19.7. The van der Waals surface area contributed by atoms with E-state index < -0.39 is 17.8 Å². The lowest BCUT2D eigenvalue weighted by molar-refractivity contribution is -0.137. The van der Waals surface area contributed by atoms with Gasteiger partial charge in [-0.15, -0.1) is 0 Å². The van der Waals surface area contributed by atoms with Crippen LogP contribution in [-0.2, 0) is 17.5 Å². The van der Waals surface area contributed by atoms with Crippen LogP contribution >= 0.6 is 0 Å². The molecule has 1 unspecified atom stereocenters. The molecule has 7 nitrogen and oxygen atoms in total. The van der Waals surface area contributed by atoms with Gasteiger partial charge in [0.25, 0.3) is 5.91 Å². The summed E-state index contributed by atoms with van der Waals surface area (Å²) in [7, 11) is 0. The van der Waals surface area contributed by atoms with Crippen LogP contribution in [0.2, 0.25) is 0 Å². The van der Waals surface area contributed by atoms with Gasteiger partial charge in [0.15, 0.2) is 0 Å². The zero-order chi connectivity index (χ0) is 24.7. The molecule has 5 rings (SSSR count). The zero-order valence-corrected chi connectivity index (χ0v) is 18.7. The van der Waals surface area contributed by atoms with E-state index in [-0.39, 0.29) is 30.7 Å². The van der Waals surface area contributed by atoms with E-state index in [1.54, 1.807) is 29.2 Å². The third kappa shape index (κ3) is 4.51. The monoisotopic (exact) mass is 487 g/mol. The molecule has 35 heavy (non-hydrogen) atoms. The average Bonchev–Trinajstić information content (AvgIpc) is 3.22. The molecule has 3 aromatic rings. The van der Waals surface area contributed by atoms with Gasteiger partial charge in [0.05, 0.1) is 36.9 Å². The van der Waals surface area contributed by atoms with Crippen molar-refractivity contribution >= 4 is 22.6 Å². The van der Waals surface area contributed by atoms with Crippen molar-refractivity contribution < 1.29 is 32.5 Å². The molecule has 1 amide bonds. The number of halogens is 3. The first-order valence-electron chi connectivity index (χ1n) is 11.3. The molecule has 10 heteroatoms. The van der Waals surface area contributed by atoms with Gasteiger partial charge in [-0.2, -0.15) is 13.2 Å². The van der Waals surface area contributed by atoms with Crippen molar-refractivity contribution in [2.24, 2.45) is 5.92 Å². The van der Waals surface area contributed by atoms with Gasteiger partial charge in [-0.1, -0.05) is 6.07 Å². The minimum Gasteiger partial charge on any atom is -0.491 e. The van der Waals surface area contributed by atoms with Gasteiger partial charge in [0.1, 0.15) is 18.2 Å². The number of ether oxygens (including phenoxy) is 2. The lowest BCUT2D eigenvalue weighted by atomic mass is 9.99. The standard InChI is InChI=1S/C25H24F3N3O4/c26-25(27,28)18-2-3-19-21(13-35-22(19)9-18)31(6-5-14-11-34-12-14)24(33)15-1-4-20-16(7-15)8-17(10-32)23(29)30-20/h1-4,7-9,14,21,32H,5-6,10-13H2,(H2,29,30). The van der Waals surface area contributed by atoms with Crippen molar-refractivity contribution in [3.8, 4) is 5.75 Å². The number of aliphatic hydroxyl groups is 1. The number of nitrogens with two attached hydrogens (primary N) is 1. The van der Waals surface area contributed by atoms with Crippen LogP contribution in [0.25, 0.3) is 10.9 Å². The fourth-order valence-corrected chi connectivity index (χ4v) is 4.46. The van der Waals surface area contributed by atoms with Gasteiger partial charge < -0.3 is 25.2 Å². The summed E-state index contributed by atoms with van der Waals surface area (Å²) in [6, 6.07) is 9.60. The van der Waals surface area contributed by atoms with E-state index in [1.165, 1.54) is 6.07 Å². The highest BCUT2D eigenvalue weighted by Crippen LogP contribution is 2.41. The molecule has 1 atom stereocenters. The number of pyridine rings is 1. The maximum absolute atomic E-state index is 13.7. The largest absolute Gasteiger partial charge is 0.491 e. The first-order chi connectivity index (χ1) is 16.7. The maximum Gasteiger partial charge on any atom is 0.416 e. The lowest BCUT2D eigenvalue weighted by Crippen LogP contribution is -2.39. The smallest absolute Gasteiger partial charge is 0.416 e. The quantitative estimate of drug-likeness (QED) is 0.547. The third-order valence-electron chi connectivity index (χ3n) is 6.56. The number of fused-ring (bicyclic) bond motifs is 2. The summed E-state index contributed by atoms with van der Waals surface area (Å²) in [5.74, 6) is 0.424. The Morgan fingerprint density at radius 3 is 2.63 bits per heavy atom. The Kier molecular flexibility index (Phi) is 6.02. The minimum atomic E-state index is -4.48. The average molecular weight is 487 g/mol. The number of carbonyl (C=O) groups excluding carboxylic acids is 1. The van der Waals surface area contributed by atoms with Crippen molar-refractivity contribution in [2.75, 3.05) is 32.1 Å². The highest BCUT2D eigenvalue weighted by Gasteiger charge is 2.37. The van der Waals surface area contributed by atoms with E-state index in [1.807, 2.05) is 0 Å². The minimum absolute atomic E-state index is 0.0733. The van der Waals surface area contributed by atoms with Crippen LogP contribution in [0, 0.1) is 5.92 Å². The number of rotatable bonds is 6. The normalized spacial score (nSPS) is 17.7. The SMILES string of the molecule is Nc1nc2ccc(C(=O)N(CCC3COC3)C3COc4cc(C(F)(F)F)ccc43)cc2cc1CO. The number of carbonyl (C=O) groups is 1. The predicted octanol–water partition coefficient (Wildman–Crippen LogP) is 3.94. The van der Waals surface area contributed by atoms with Gasteiger partial charge in [-0.05, 0) is 42.8 Å². The number of anilines is 1. The third-order valence-corrected chi connectivity index (χ3v) is 6.56. The second kappa shape index (κ2) is 9.01. The number of nitrogens with zero attached hydrogens (tertiary/aromatic N) is 2. The summed E-state index contributed by atoms with van der Waals surface area (Å²) in [5.41, 5.74) is 7.06. The molecule has 2 aromatic carbocycles. The van der Waals surface area contributed by atoms with Gasteiger partial charge in [-0.25, -0.2) is 4.98 Å². The van der Waals surface area contributed by atoms with Crippen molar-refractivity contribution in [1.82, 2.24) is 9.88 Å². The molecule has 0 spiro atoms. The van der Waals surface area contributed by atoms with E-state index >= 15 is 0 Å². The van der Waals surface area contributed by atoms with Crippen LogP contribution in [0.4, 0.5) is 19.0 Å². The molecular formula is C25H24F3N3O4. The molecule has 0 radical (unpaired) electrons. The summed E-state index contributed by atoms with van der Waals surface area (Å²) in [5, 5.41) is 10.2. The molecule has 184 valence electrons. The number of aromatic nitrogens is 1. The topological polar surface area (TPSA) is 97.9 Å². The summed E-state index contributed by atoms with van der Waals surface area (Å²) in [6.07, 6.45) is -3.77. The Balaban J connectivity index is 1.48. The number of alkyl halides is 3. The number of hydrogen-bond acceptors (Lipinski definition) is 6. The Bertz CT molecular complexity index is 1280. The van der Waals surface area contributed by atoms with Gasteiger partial charge in [-0.3, -0.25) is 4.79 Å². The van der Waals surface area contributed by atoms with E-state index in [0.29, 0.717) is 59.7 Å². The van der Waals surface area contributed by atoms with Crippen LogP contribution < -0.4 is 10.5 Å². The fourth-order valence-electron chi connectivity index (χ4n) is 4.46. The number of aliphatic hydroxyl groups excluding tert-OH is 1. The first-order valence-corrected chi connectivity index (χ1v) is 11.3. The highest BCUT2D eigenvalue weighted by molar-refractivity contribution is 5.98. The Morgan fingerprint density at radius 1 is 1.14 bits per heavy atom. The molecule has 2 aliphatic rings. The van der Waals surface area contributed by atoms with Crippen molar-refractivity contribution in [1.29, 1.82) is 0 Å². The fraction of sp³-hybridized carbons (Fsp3) is 0.360. The molecule has 2 aliphatic heterocycles. The highest BCUT2D eigenvalue weighted by atomic mass is 19.4. The van der Waals surface area contributed by atoms with E-state index in [9.17, 15) is 23.1 Å². The van der Waals surface area contributed by atoms with Crippen molar-refractivity contribution in [3.63, 3.8) is 0 Å². The molecule has 1 saturated heterocycles. The van der Waals surface area contributed by atoms with Gasteiger partial charge in [0, 0.05) is 34.5 Å². The first kappa shape index (κ1) is 23.4. The molecule has 3 heterocycles. The number of nitrogen functional groups attached to an aromatic ring is 1. The predicted molar refractivity (Wildman–Crippen MR) is 122 cm³/mol. The molecule has 0 bridgehead atoms. The number of amides is 1. The molecule has 1 fully saturated rings. The van der Waals surface area contributed by atoms with E-state index in [4.69, 9.17) is 15.2 Å². The van der Waals surface area contributed by atoms with E-state index in [0.717, 1.165) is 12.1 Å². The van der Waals surface area contributed by atoms with Crippen molar-refractivity contribution in [3.05, 3.63) is 64.7 Å². The lowest BCUT2D eigenvalue weighted by Gasteiger charge is -2.32. The zero-order valence-electron chi connectivity index (χ0n) is 18.7. The Morgan fingerprint density at radius 2 is 1.94 bits per heavy atom. The summed E-state index contributed by atoms with van der Waals surface area (Å²) in [6.45, 7) is 1.45. The van der Waals surface area contributed by atoms with Crippen LogP contribution in [-0.4, -0.2) is 47.3 Å². The maximum atomic E-state index is 13.7. The number of hydrogen-bond donors (Lipinski definition) is 2. The van der Waals surface area contributed by atoms with Crippen LogP contribution in [0.15, 0.2) is 42.5 Å². The summed E-state index contributed by atoms with van der Waals surface area (Å²) >= 11 is 0. The Hall–Kier alpha value is -3.37. The number of benzene rings is 2. The van der Waals surface area contributed by atoms with Crippen LogP contribution in [0.5, 0.6) is 5.75 Å². The molecular weight excluding hydrogens is 463 g/mol. The summed E-state index contributed by atoms with van der Waals surface area (Å²) < 4.78 is 50.3.